The monoisotopic (exact) mass is 263 g/mol. The second-order valence-corrected chi connectivity index (χ2v) is 6.71. The summed E-state index contributed by atoms with van der Waals surface area (Å²) in [5.74, 6) is 0. The number of allylic oxidation sites excluding steroid dienone is 1. The Labute approximate surface area is 103 Å². The molecule has 0 aromatic heterocycles. The van der Waals surface area contributed by atoms with E-state index in [2.05, 4.69) is 11.9 Å². The Morgan fingerprint density at radius 2 is 1.94 bits per heavy atom. The molecule has 100 valence electrons. The fraction of sp³-hybridized carbons (Fsp3) is 0.700. The van der Waals surface area contributed by atoms with Crippen molar-refractivity contribution in [1.29, 1.82) is 0 Å². The Balaban J connectivity index is 4.56. The van der Waals surface area contributed by atoms with Gasteiger partial charge in [-0.15, -0.1) is 6.58 Å². The molecule has 0 aliphatic rings. The molecule has 7 heteroatoms. The maximum Gasteiger partial charge on any atom is 0.503 e. The van der Waals surface area contributed by atoms with Crippen LogP contribution in [0.15, 0.2) is 12.7 Å². The second-order valence-electron chi connectivity index (χ2n) is 3.46. The molecule has 1 unspecified atom stereocenters. The number of carboxylic acid groups (broad SMARTS) is 1. The van der Waals surface area contributed by atoms with E-state index in [4.69, 9.17) is 18.4 Å². The molecule has 0 fully saturated rings. The highest BCUT2D eigenvalue weighted by atomic mass is 28.4. The molecule has 0 bridgehead atoms. The topological polar surface area (TPSA) is 77.0 Å². The fourth-order valence-electron chi connectivity index (χ4n) is 1.74. The van der Waals surface area contributed by atoms with Crippen molar-refractivity contribution < 1.29 is 23.2 Å². The van der Waals surface area contributed by atoms with Gasteiger partial charge in [-0.2, -0.15) is 0 Å². The van der Waals surface area contributed by atoms with Crippen LogP contribution in [0.4, 0.5) is 4.79 Å². The van der Waals surface area contributed by atoms with Crippen LogP contribution in [0.1, 0.15) is 12.8 Å². The van der Waals surface area contributed by atoms with E-state index in [1.54, 1.807) is 27.4 Å². The zero-order valence-corrected chi connectivity index (χ0v) is 11.6. The van der Waals surface area contributed by atoms with Gasteiger partial charge in [0.1, 0.15) is 0 Å². The quantitative estimate of drug-likeness (QED) is 0.486. The van der Waals surface area contributed by atoms with Gasteiger partial charge in [0.05, 0.1) is 0 Å². The average Bonchev–Trinajstić information content (AvgIpc) is 2.31. The minimum atomic E-state index is -2.74. The summed E-state index contributed by atoms with van der Waals surface area (Å²) in [6.07, 6.45) is 1.95. The summed E-state index contributed by atoms with van der Waals surface area (Å²) in [6, 6.07) is 0. The van der Waals surface area contributed by atoms with Gasteiger partial charge < -0.3 is 23.7 Å². The van der Waals surface area contributed by atoms with Crippen LogP contribution < -0.4 is 5.32 Å². The molecular weight excluding hydrogens is 242 g/mol. The third kappa shape index (κ3) is 4.86. The molecule has 6 nitrogen and oxygen atoms in total. The van der Waals surface area contributed by atoms with Gasteiger partial charge in [-0.25, -0.2) is 4.79 Å². The molecule has 0 aliphatic heterocycles. The van der Waals surface area contributed by atoms with Crippen LogP contribution in [0.5, 0.6) is 0 Å². The minimum absolute atomic E-state index is 0.00755. The van der Waals surface area contributed by atoms with E-state index in [0.717, 1.165) is 0 Å². The SMILES string of the molecule is C=CCC(CCNC(=O)O)[Si](OC)(OC)OC. The van der Waals surface area contributed by atoms with Gasteiger partial charge in [-0.05, 0) is 12.8 Å². The molecule has 0 aromatic carbocycles. The first-order valence-electron chi connectivity index (χ1n) is 5.29. The summed E-state index contributed by atoms with van der Waals surface area (Å²) in [4.78, 5) is 10.4. The van der Waals surface area contributed by atoms with E-state index in [0.29, 0.717) is 19.4 Å². The zero-order valence-electron chi connectivity index (χ0n) is 10.6. The van der Waals surface area contributed by atoms with Crippen molar-refractivity contribution in [2.24, 2.45) is 0 Å². The van der Waals surface area contributed by atoms with Gasteiger partial charge in [-0.3, -0.25) is 0 Å². The van der Waals surface area contributed by atoms with Crippen LogP contribution in [0.25, 0.3) is 0 Å². The molecular formula is C10H21NO5Si. The smallest absolute Gasteiger partial charge is 0.465 e. The molecule has 1 amide bonds. The second kappa shape index (κ2) is 8.23. The summed E-state index contributed by atoms with van der Waals surface area (Å²) in [5.41, 5.74) is -0.00755. The highest BCUT2D eigenvalue weighted by molar-refractivity contribution is 6.62. The molecule has 0 heterocycles. The van der Waals surface area contributed by atoms with Crippen molar-refractivity contribution in [2.45, 2.75) is 18.4 Å². The van der Waals surface area contributed by atoms with E-state index < -0.39 is 14.9 Å². The Morgan fingerprint density at radius 1 is 1.41 bits per heavy atom. The molecule has 0 spiro atoms. The molecule has 0 saturated carbocycles. The lowest BCUT2D eigenvalue weighted by atomic mass is 10.2. The van der Waals surface area contributed by atoms with Gasteiger partial charge in [0.2, 0.25) is 0 Å². The highest BCUT2D eigenvalue weighted by Gasteiger charge is 2.46. The molecule has 17 heavy (non-hydrogen) atoms. The summed E-state index contributed by atoms with van der Waals surface area (Å²) in [6.45, 7) is 4.01. The molecule has 0 radical (unpaired) electrons. The first-order valence-corrected chi connectivity index (χ1v) is 7.09. The van der Waals surface area contributed by atoms with Crippen molar-refractivity contribution in [1.82, 2.24) is 5.32 Å². The number of amides is 1. The van der Waals surface area contributed by atoms with Crippen molar-refractivity contribution in [3.05, 3.63) is 12.7 Å². The van der Waals surface area contributed by atoms with E-state index in [-0.39, 0.29) is 5.54 Å². The van der Waals surface area contributed by atoms with Gasteiger partial charge in [0, 0.05) is 33.4 Å². The van der Waals surface area contributed by atoms with Crippen LogP contribution in [0, 0.1) is 0 Å². The van der Waals surface area contributed by atoms with Crippen LogP contribution in [-0.2, 0) is 13.3 Å². The van der Waals surface area contributed by atoms with E-state index in [9.17, 15) is 4.79 Å². The van der Waals surface area contributed by atoms with Crippen molar-refractivity contribution in [2.75, 3.05) is 27.9 Å². The van der Waals surface area contributed by atoms with E-state index in [1.807, 2.05) is 0 Å². The summed E-state index contributed by atoms with van der Waals surface area (Å²) in [5, 5.41) is 10.8. The Morgan fingerprint density at radius 3 is 2.29 bits per heavy atom. The minimum Gasteiger partial charge on any atom is -0.465 e. The van der Waals surface area contributed by atoms with Gasteiger partial charge >= 0.3 is 14.9 Å². The summed E-state index contributed by atoms with van der Waals surface area (Å²) >= 11 is 0. The van der Waals surface area contributed by atoms with Gasteiger partial charge in [-0.1, -0.05) is 6.08 Å². The third-order valence-electron chi connectivity index (χ3n) is 2.57. The van der Waals surface area contributed by atoms with Gasteiger partial charge in [0.25, 0.3) is 0 Å². The Bertz CT molecular complexity index is 237. The van der Waals surface area contributed by atoms with Crippen molar-refractivity contribution in [3.8, 4) is 0 Å². The number of hydrogen-bond acceptors (Lipinski definition) is 4. The number of carbonyl (C=O) groups is 1. The fourth-order valence-corrected chi connectivity index (χ4v) is 4.20. The van der Waals surface area contributed by atoms with Crippen molar-refractivity contribution >= 4 is 14.9 Å². The standard InChI is InChI=1S/C10H21NO5Si/c1-5-6-9(7-8-11-10(12)13)17(14-2,15-3)16-4/h5,9,11H,1,6-8H2,2-4H3,(H,12,13). The molecule has 0 aliphatic carbocycles. The van der Waals surface area contributed by atoms with Crippen molar-refractivity contribution in [3.63, 3.8) is 0 Å². The number of nitrogens with one attached hydrogen (secondary N) is 1. The molecule has 0 aromatic rings. The zero-order chi connectivity index (χ0) is 13.3. The van der Waals surface area contributed by atoms with E-state index in [1.165, 1.54) is 0 Å². The highest BCUT2D eigenvalue weighted by Crippen LogP contribution is 2.30. The molecule has 0 rings (SSSR count). The lowest BCUT2D eigenvalue weighted by molar-refractivity contribution is 0.109. The van der Waals surface area contributed by atoms with Crippen LogP contribution in [0.3, 0.4) is 0 Å². The van der Waals surface area contributed by atoms with Crippen LogP contribution >= 0.6 is 0 Å². The normalized spacial score (nSPS) is 13.1. The van der Waals surface area contributed by atoms with Crippen LogP contribution in [-0.4, -0.2) is 47.9 Å². The number of rotatable bonds is 9. The predicted octanol–water partition coefficient (Wildman–Crippen LogP) is 1.47. The van der Waals surface area contributed by atoms with Gasteiger partial charge in [0.15, 0.2) is 0 Å². The summed E-state index contributed by atoms with van der Waals surface area (Å²) in [7, 11) is 1.88. The summed E-state index contributed by atoms with van der Waals surface area (Å²) < 4.78 is 16.1. The first-order chi connectivity index (χ1) is 8.06. The first kappa shape index (κ1) is 16.1. The maximum absolute atomic E-state index is 10.4. The maximum atomic E-state index is 10.4. The number of hydrogen-bond donors (Lipinski definition) is 2. The Hall–Kier alpha value is -0.893. The predicted molar refractivity (Wildman–Crippen MR) is 66.0 cm³/mol. The van der Waals surface area contributed by atoms with E-state index >= 15 is 0 Å². The lowest BCUT2D eigenvalue weighted by Gasteiger charge is -2.31. The molecule has 1 atom stereocenters. The molecule has 2 N–H and O–H groups in total. The Kier molecular flexibility index (Phi) is 7.80. The van der Waals surface area contributed by atoms with Crippen LogP contribution in [0.2, 0.25) is 5.54 Å². The largest absolute Gasteiger partial charge is 0.503 e. The molecule has 0 saturated heterocycles. The lowest BCUT2D eigenvalue weighted by Crippen LogP contribution is -2.48. The average molecular weight is 263 g/mol. The third-order valence-corrected chi connectivity index (χ3v) is 5.81.